The molecule has 1 aromatic rings. The molecule has 0 fully saturated rings. The highest BCUT2D eigenvalue weighted by Gasteiger charge is 2.23. The van der Waals surface area contributed by atoms with Crippen LogP contribution in [0.1, 0.15) is 6.92 Å². The molecule has 0 aliphatic heterocycles. The van der Waals surface area contributed by atoms with Crippen LogP contribution in [0.15, 0.2) is 20.1 Å². The molecule has 7 heteroatoms. The third kappa shape index (κ3) is 3.25. The molecule has 0 spiro atoms. The van der Waals surface area contributed by atoms with Gasteiger partial charge in [0.05, 0.1) is 9.89 Å². The number of aliphatic hydroxyl groups excluding tert-OH is 1. The highest BCUT2D eigenvalue weighted by molar-refractivity contribution is 9.11. The molecule has 0 amide bonds. The van der Waals surface area contributed by atoms with Gasteiger partial charge >= 0.3 is 0 Å². The molecule has 86 valence electrons. The minimum absolute atomic E-state index is 0.0951. The van der Waals surface area contributed by atoms with E-state index in [1.165, 1.54) is 7.05 Å². The third-order valence-electron chi connectivity index (χ3n) is 1.73. The Morgan fingerprint density at radius 3 is 2.60 bits per heavy atom. The highest BCUT2D eigenvalue weighted by Crippen LogP contribution is 2.27. The summed E-state index contributed by atoms with van der Waals surface area (Å²) in [7, 11) is -2.00. The van der Waals surface area contributed by atoms with Gasteiger partial charge in [0, 0.05) is 13.6 Å². The zero-order valence-corrected chi connectivity index (χ0v) is 11.6. The van der Waals surface area contributed by atoms with Crippen LogP contribution in [-0.4, -0.2) is 37.5 Å². The largest absolute Gasteiger partial charge is 0.392 e. The number of nitrogens with zero attached hydrogens (tertiary/aromatic N) is 1. The molecule has 4 nitrogen and oxygen atoms in total. The normalized spacial score (nSPS) is 14.5. The smallest absolute Gasteiger partial charge is 0.252 e. The first-order chi connectivity index (χ1) is 6.84. The van der Waals surface area contributed by atoms with Crippen LogP contribution < -0.4 is 0 Å². The molecule has 0 aliphatic carbocycles. The number of aliphatic hydroxyl groups is 1. The predicted octanol–water partition coefficient (Wildman–Crippen LogP) is 1.51. The quantitative estimate of drug-likeness (QED) is 0.916. The molecule has 0 saturated carbocycles. The Balaban J connectivity index is 2.93. The molecular formula is C8H12BrNO3S2. The Morgan fingerprint density at radius 2 is 2.20 bits per heavy atom. The fourth-order valence-corrected chi connectivity index (χ4v) is 4.53. The van der Waals surface area contributed by atoms with Crippen LogP contribution in [0.25, 0.3) is 0 Å². The Morgan fingerprint density at radius 1 is 1.60 bits per heavy atom. The molecule has 1 atom stereocenters. The minimum atomic E-state index is -3.45. The topological polar surface area (TPSA) is 57.6 Å². The summed E-state index contributed by atoms with van der Waals surface area (Å²) in [5.41, 5.74) is 0. The third-order valence-corrected chi connectivity index (χ3v) is 5.65. The van der Waals surface area contributed by atoms with Crippen molar-refractivity contribution in [3.63, 3.8) is 0 Å². The molecule has 15 heavy (non-hydrogen) atoms. The van der Waals surface area contributed by atoms with Gasteiger partial charge in [0.1, 0.15) is 4.21 Å². The molecule has 1 unspecified atom stereocenters. The average Bonchev–Trinajstić information content (AvgIpc) is 2.50. The van der Waals surface area contributed by atoms with Crippen molar-refractivity contribution in [3.8, 4) is 0 Å². The van der Waals surface area contributed by atoms with Crippen LogP contribution in [-0.2, 0) is 10.0 Å². The van der Waals surface area contributed by atoms with Crippen LogP contribution in [0.2, 0.25) is 0 Å². The lowest BCUT2D eigenvalue weighted by Crippen LogP contribution is -2.32. The van der Waals surface area contributed by atoms with Crippen molar-refractivity contribution < 1.29 is 13.5 Å². The number of rotatable bonds is 4. The van der Waals surface area contributed by atoms with Gasteiger partial charge in [-0.15, -0.1) is 11.3 Å². The van der Waals surface area contributed by atoms with E-state index in [4.69, 9.17) is 5.11 Å². The van der Waals surface area contributed by atoms with Crippen LogP contribution >= 0.6 is 27.3 Å². The van der Waals surface area contributed by atoms with Gasteiger partial charge in [-0.1, -0.05) is 0 Å². The lowest BCUT2D eigenvalue weighted by Gasteiger charge is -2.17. The van der Waals surface area contributed by atoms with Crippen molar-refractivity contribution in [3.05, 3.63) is 15.9 Å². The van der Waals surface area contributed by atoms with Crippen molar-refractivity contribution in [1.82, 2.24) is 4.31 Å². The number of thiophene rings is 1. The molecule has 1 N–H and O–H groups in total. The summed E-state index contributed by atoms with van der Waals surface area (Å²) in [4.78, 5) is 0. The summed E-state index contributed by atoms with van der Waals surface area (Å²) in [5, 5.41) is 9.13. The lowest BCUT2D eigenvalue weighted by atomic mass is 10.4. The van der Waals surface area contributed by atoms with Gasteiger partial charge in [-0.3, -0.25) is 0 Å². The Bertz CT molecular complexity index is 427. The first kappa shape index (κ1) is 13.1. The molecule has 1 heterocycles. The van der Waals surface area contributed by atoms with Crippen molar-refractivity contribution >= 4 is 37.3 Å². The van der Waals surface area contributed by atoms with Crippen molar-refractivity contribution in [2.45, 2.75) is 17.2 Å². The Labute approximate surface area is 102 Å². The standard InChI is InChI=1S/C8H12BrNO3S2/c1-6(11)5-10(2)15(12,13)8-4-3-7(9)14-8/h3-4,6,11H,5H2,1-2H3. The lowest BCUT2D eigenvalue weighted by molar-refractivity contribution is 0.171. The minimum Gasteiger partial charge on any atom is -0.392 e. The molecule has 0 saturated heterocycles. The van der Waals surface area contributed by atoms with E-state index in [9.17, 15) is 8.42 Å². The van der Waals surface area contributed by atoms with Gasteiger partial charge in [-0.05, 0) is 35.0 Å². The maximum Gasteiger partial charge on any atom is 0.252 e. The molecule has 0 radical (unpaired) electrons. The van der Waals surface area contributed by atoms with E-state index in [1.807, 2.05) is 0 Å². The zero-order valence-electron chi connectivity index (χ0n) is 8.34. The van der Waals surface area contributed by atoms with E-state index in [2.05, 4.69) is 15.9 Å². The second-order valence-corrected chi connectivity index (χ2v) is 7.93. The first-order valence-corrected chi connectivity index (χ1v) is 7.28. The summed E-state index contributed by atoms with van der Waals surface area (Å²) in [5.74, 6) is 0. The van der Waals surface area contributed by atoms with Gasteiger partial charge in [0.2, 0.25) is 0 Å². The van der Waals surface area contributed by atoms with Gasteiger partial charge in [0.25, 0.3) is 10.0 Å². The highest BCUT2D eigenvalue weighted by atomic mass is 79.9. The number of hydrogen-bond donors (Lipinski definition) is 1. The number of hydrogen-bond acceptors (Lipinski definition) is 4. The van der Waals surface area contributed by atoms with Crippen LogP contribution in [0.3, 0.4) is 0 Å². The number of sulfonamides is 1. The van der Waals surface area contributed by atoms with Gasteiger partial charge in [-0.2, -0.15) is 4.31 Å². The monoisotopic (exact) mass is 313 g/mol. The SMILES string of the molecule is CC(O)CN(C)S(=O)(=O)c1ccc(Br)s1. The van der Waals surface area contributed by atoms with Crippen LogP contribution in [0.4, 0.5) is 0 Å². The molecule has 1 aromatic heterocycles. The van der Waals surface area contributed by atoms with E-state index >= 15 is 0 Å². The summed E-state index contributed by atoms with van der Waals surface area (Å²) < 4.78 is 26.0. The molecule has 0 bridgehead atoms. The van der Waals surface area contributed by atoms with Gasteiger partial charge < -0.3 is 5.11 Å². The van der Waals surface area contributed by atoms with Gasteiger partial charge in [0.15, 0.2) is 0 Å². The molecular weight excluding hydrogens is 302 g/mol. The van der Waals surface area contributed by atoms with E-state index in [0.717, 1.165) is 19.4 Å². The molecule has 0 aliphatic rings. The van der Waals surface area contributed by atoms with E-state index in [1.54, 1.807) is 19.1 Å². The zero-order chi connectivity index (χ0) is 11.6. The second kappa shape index (κ2) is 4.92. The first-order valence-electron chi connectivity index (χ1n) is 4.24. The summed E-state index contributed by atoms with van der Waals surface area (Å²) in [6.07, 6.45) is -0.673. The van der Waals surface area contributed by atoms with E-state index in [-0.39, 0.29) is 10.8 Å². The Hall–Kier alpha value is 0.0500. The van der Waals surface area contributed by atoms with Crippen molar-refractivity contribution in [1.29, 1.82) is 0 Å². The summed E-state index contributed by atoms with van der Waals surface area (Å²) in [6.45, 7) is 1.65. The van der Waals surface area contributed by atoms with Crippen molar-refractivity contribution in [2.75, 3.05) is 13.6 Å². The number of halogens is 1. The molecule has 0 aromatic carbocycles. The second-order valence-electron chi connectivity index (χ2n) is 3.19. The van der Waals surface area contributed by atoms with E-state index in [0.29, 0.717) is 0 Å². The predicted molar refractivity (Wildman–Crippen MR) is 63.5 cm³/mol. The van der Waals surface area contributed by atoms with E-state index < -0.39 is 16.1 Å². The van der Waals surface area contributed by atoms with Gasteiger partial charge in [-0.25, -0.2) is 8.42 Å². The Kier molecular flexibility index (Phi) is 4.30. The maximum absolute atomic E-state index is 11.9. The van der Waals surface area contributed by atoms with Crippen LogP contribution in [0, 0.1) is 0 Å². The van der Waals surface area contributed by atoms with Crippen molar-refractivity contribution in [2.24, 2.45) is 0 Å². The summed E-state index contributed by atoms with van der Waals surface area (Å²) in [6, 6.07) is 3.23. The number of likely N-dealkylation sites (N-methyl/N-ethyl adjacent to an activating group) is 1. The fraction of sp³-hybridized carbons (Fsp3) is 0.500. The summed E-state index contributed by atoms with van der Waals surface area (Å²) >= 11 is 4.37. The maximum atomic E-state index is 11.9. The molecule has 1 rings (SSSR count). The van der Waals surface area contributed by atoms with Crippen LogP contribution in [0.5, 0.6) is 0 Å². The fourth-order valence-electron chi connectivity index (χ4n) is 1.06. The average molecular weight is 314 g/mol.